The zero-order chi connectivity index (χ0) is 19.8. The molecule has 3 heteroatoms. The van der Waals surface area contributed by atoms with Gasteiger partial charge in [-0.15, -0.1) is 0 Å². The van der Waals surface area contributed by atoms with E-state index in [9.17, 15) is 0 Å². The highest BCUT2D eigenvalue weighted by Crippen LogP contribution is 2.33. The van der Waals surface area contributed by atoms with Gasteiger partial charge >= 0.3 is 0 Å². The summed E-state index contributed by atoms with van der Waals surface area (Å²) in [6.07, 6.45) is 10.9. The lowest BCUT2D eigenvalue weighted by molar-refractivity contribution is 0.486. The molecule has 0 saturated carbocycles. The summed E-state index contributed by atoms with van der Waals surface area (Å²) in [4.78, 5) is 4.53. The second-order valence-electron chi connectivity index (χ2n) is 7.60. The van der Waals surface area contributed by atoms with Crippen molar-refractivity contribution in [2.45, 2.75) is 53.4 Å². The Morgan fingerprint density at radius 2 is 2.00 bits per heavy atom. The van der Waals surface area contributed by atoms with Gasteiger partial charge in [-0.3, -0.25) is 4.99 Å². The molecule has 3 nitrogen and oxygen atoms in total. The third-order valence-electron chi connectivity index (χ3n) is 5.22. The van der Waals surface area contributed by atoms with Crippen LogP contribution >= 0.6 is 0 Å². The maximum Gasteiger partial charge on any atom is 0.148 e. The minimum atomic E-state index is 0.527. The van der Waals surface area contributed by atoms with E-state index in [4.69, 9.17) is 0 Å². The molecule has 2 N–H and O–H groups in total. The van der Waals surface area contributed by atoms with Gasteiger partial charge in [0.2, 0.25) is 0 Å². The number of nitrogens with one attached hydrogen (secondary N) is 2. The summed E-state index contributed by atoms with van der Waals surface area (Å²) in [5, 5.41) is 7.11. The first-order valence-corrected chi connectivity index (χ1v) is 10.1. The van der Waals surface area contributed by atoms with E-state index in [-0.39, 0.29) is 0 Å². The molecule has 2 atom stereocenters. The molecular weight excluding hydrogens is 330 g/mol. The first-order valence-electron chi connectivity index (χ1n) is 10.1. The number of anilines is 1. The van der Waals surface area contributed by atoms with Gasteiger partial charge in [0.1, 0.15) is 5.84 Å². The Kier molecular flexibility index (Phi) is 7.90. The van der Waals surface area contributed by atoms with Gasteiger partial charge in [0.25, 0.3) is 0 Å². The summed E-state index contributed by atoms with van der Waals surface area (Å²) >= 11 is 0. The standard InChI is InChI=1S/C24H35N3/c1-7-20(17(3)4)21-11-9-10-12-23(21)27-24(25-6)22(8-2)26-19-15-13-18(5)14-16-19/h8-13,15-18,20,26H,7,14H2,1-6H3,(H,25,27)/b22-8+. The van der Waals surface area contributed by atoms with Crippen LogP contribution in [0.4, 0.5) is 5.69 Å². The number of rotatable bonds is 7. The number of para-hydroxylation sites is 1. The largest absolute Gasteiger partial charge is 0.353 e. The molecule has 27 heavy (non-hydrogen) atoms. The predicted octanol–water partition coefficient (Wildman–Crippen LogP) is 6.25. The van der Waals surface area contributed by atoms with E-state index in [2.05, 4.69) is 91.9 Å². The van der Waals surface area contributed by atoms with Crippen molar-refractivity contribution in [2.75, 3.05) is 12.4 Å². The van der Waals surface area contributed by atoms with E-state index in [0.29, 0.717) is 17.8 Å². The Morgan fingerprint density at radius 3 is 2.56 bits per heavy atom. The van der Waals surface area contributed by atoms with Gasteiger partial charge in [0.05, 0.1) is 5.70 Å². The molecule has 1 aromatic rings. The van der Waals surface area contributed by atoms with Gasteiger partial charge < -0.3 is 10.6 Å². The summed E-state index contributed by atoms with van der Waals surface area (Å²) in [6.45, 7) is 11.1. The molecule has 2 rings (SSSR count). The second kappa shape index (κ2) is 10.1. The van der Waals surface area contributed by atoms with E-state index >= 15 is 0 Å². The SMILES string of the molecule is C/C=C(NC1=CCC(C)C=C1)\C(=N/C)Nc1ccccc1C(CC)C(C)C. The zero-order valence-electron chi connectivity index (χ0n) is 17.7. The molecule has 0 saturated heterocycles. The summed E-state index contributed by atoms with van der Waals surface area (Å²) in [7, 11) is 1.84. The van der Waals surface area contributed by atoms with Crippen molar-refractivity contribution >= 4 is 11.5 Å². The second-order valence-corrected chi connectivity index (χ2v) is 7.60. The van der Waals surface area contributed by atoms with Crippen molar-refractivity contribution in [3.05, 3.63) is 65.5 Å². The molecule has 146 valence electrons. The van der Waals surface area contributed by atoms with Gasteiger partial charge in [-0.1, -0.05) is 64.1 Å². The fraction of sp³-hybridized carbons (Fsp3) is 0.458. The van der Waals surface area contributed by atoms with Crippen LogP contribution in [0.5, 0.6) is 0 Å². The quantitative estimate of drug-likeness (QED) is 0.442. The first kappa shape index (κ1) is 21.0. The van der Waals surface area contributed by atoms with Crippen LogP contribution < -0.4 is 10.6 Å². The third kappa shape index (κ3) is 5.59. The molecular formula is C24H35N3. The molecule has 1 aromatic carbocycles. The van der Waals surface area contributed by atoms with Crippen LogP contribution in [-0.2, 0) is 0 Å². The van der Waals surface area contributed by atoms with E-state index in [1.807, 2.05) is 14.0 Å². The van der Waals surface area contributed by atoms with Gasteiger partial charge in [0.15, 0.2) is 0 Å². The maximum atomic E-state index is 4.53. The maximum absolute atomic E-state index is 4.53. The van der Waals surface area contributed by atoms with E-state index in [1.54, 1.807) is 0 Å². The smallest absolute Gasteiger partial charge is 0.148 e. The number of aliphatic imine (C=N–C) groups is 1. The number of hydrogen-bond donors (Lipinski definition) is 2. The van der Waals surface area contributed by atoms with Gasteiger partial charge in [-0.25, -0.2) is 0 Å². The molecule has 1 aliphatic carbocycles. The van der Waals surface area contributed by atoms with Gasteiger partial charge in [-0.2, -0.15) is 0 Å². The minimum Gasteiger partial charge on any atom is -0.353 e. The summed E-state index contributed by atoms with van der Waals surface area (Å²) in [6, 6.07) is 8.60. The minimum absolute atomic E-state index is 0.527. The van der Waals surface area contributed by atoms with E-state index in [0.717, 1.165) is 35.8 Å². The Morgan fingerprint density at radius 1 is 1.26 bits per heavy atom. The van der Waals surface area contributed by atoms with Crippen LogP contribution in [0.3, 0.4) is 0 Å². The highest BCUT2D eigenvalue weighted by molar-refractivity contribution is 6.08. The molecule has 1 aliphatic rings. The molecule has 0 amide bonds. The number of benzene rings is 1. The lowest BCUT2D eigenvalue weighted by Gasteiger charge is -2.24. The number of amidine groups is 1. The number of allylic oxidation sites excluding steroid dienone is 4. The van der Waals surface area contributed by atoms with Crippen LogP contribution in [0.1, 0.15) is 58.9 Å². The Bertz CT molecular complexity index is 738. The Labute approximate surface area is 165 Å². The summed E-state index contributed by atoms with van der Waals surface area (Å²) in [5.41, 5.74) is 4.63. The fourth-order valence-corrected chi connectivity index (χ4v) is 3.60. The molecule has 0 bridgehead atoms. The van der Waals surface area contributed by atoms with Gasteiger partial charge in [0, 0.05) is 18.4 Å². The van der Waals surface area contributed by atoms with Crippen LogP contribution in [0.2, 0.25) is 0 Å². The monoisotopic (exact) mass is 365 g/mol. The summed E-state index contributed by atoms with van der Waals surface area (Å²) in [5.74, 6) is 2.59. The normalized spacial score (nSPS) is 19.1. The predicted molar refractivity (Wildman–Crippen MR) is 119 cm³/mol. The van der Waals surface area contributed by atoms with Crippen LogP contribution in [0.25, 0.3) is 0 Å². The van der Waals surface area contributed by atoms with Crippen LogP contribution in [0.15, 0.2) is 65.0 Å². The molecule has 0 radical (unpaired) electrons. The van der Waals surface area contributed by atoms with Crippen LogP contribution in [-0.4, -0.2) is 12.9 Å². The van der Waals surface area contributed by atoms with Crippen molar-refractivity contribution in [3.63, 3.8) is 0 Å². The van der Waals surface area contributed by atoms with Crippen molar-refractivity contribution < 1.29 is 0 Å². The first-order chi connectivity index (χ1) is 13.0. The molecule has 0 aromatic heterocycles. The number of hydrogen-bond acceptors (Lipinski definition) is 2. The Balaban J connectivity index is 2.23. The average molecular weight is 366 g/mol. The lowest BCUT2D eigenvalue weighted by Crippen LogP contribution is -2.26. The highest BCUT2D eigenvalue weighted by Gasteiger charge is 2.18. The zero-order valence-corrected chi connectivity index (χ0v) is 17.7. The van der Waals surface area contributed by atoms with Crippen LogP contribution in [0, 0.1) is 11.8 Å². The molecule has 2 unspecified atom stereocenters. The van der Waals surface area contributed by atoms with Gasteiger partial charge in [-0.05, 0) is 55.2 Å². The number of nitrogens with zero attached hydrogens (tertiary/aromatic N) is 1. The van der Waals surface area contributed by atoms with Crippen molar-refractivity contribution in [2.24, 2.45) is 16.8 Å². The lowest BCUT2D eigenvalue weighted by atomic mass is 9.85. The fourth-order valence-electron chi connectivity index (χ4n) is 3.60. The van der Waals surface area contributed by atoms with E-state index < -0.39 is 0 Å². The molecule has 0 fully saturated rings. The topological polar surface area (TPSA) is 36.4 Å². The Hall–Kier alpha value is -2.29. The van der Waals surface area contributed by atoms with Crippen molar-refractivity contribution in [1.29, 1.82) is 0 Å². The van der Waals surface area contributed by atoms with E-state index in [1.165, 1.54) is 5.56 Å². The van der Waals surface area contributed by atoms with Crippen molar-refractivity contribution in [3.8, 4) is 0 Å². The molecule has 0 heterocycles. The highest BCUT2D eigenvalue weighted by atomic mass is 15.1. The third-order valence-corrected chi connectivity index (χ3v) is 5.22. The summed E-state index contributed by atoms with van der Waals surface area (Å²) < 4.78 is 0. The molecule has 0 spiro atoms. The average Bonchev–Trinajstić information content (AvgIpc) is 2.67. The van der Waals surface area contributed by atoms with Crippen molar-refractivity contribution in [1.82, 2.24) is 5.32 Å². The molecule has 0 aliphatic heterocycles.